The van der Waals surface area contributed by atoms with Crippen molar-refractivity contribution in [3.05, 3.63) is 5.56 Å². The van der Waals surface area contributed by atoms with Crippen molar-refractivity contribution in [2.75, 3.05) is 23.7 Å². The Balaban J connectivity index is 1.68. The van der Waals surface area contributed by atoms with Crippen LogP contribution in [0, 0.1) is 5.92 Å². The Kier molecular flexibility index (Phi) is 2.89. The van der Waals surface area contributed by atoms with Gasteiger partial charge in [-0.2, -0.15) is 5.10 Å². The molecule has 104 valence electrons. The summed E-state index contributed by atoms with van der Waals surface area (Å²) in [4.78, 5) is 0. The molecule has 2 N–H and O–H groups in total. The number of nitrogens with zero attached hydrogens (tertiary/aromatic N) is 2. The van der Waals surface area contributed by atoms with E-state index in [0.29, 0.717) is 6.04 Å². The zero-order chi connectivity index (χ0) is 12.7. The molecular weight excluding hydrogens is 236 g/mol. The zero-order valence-electron chi connectivity index (χ0n) is 11.6. The topological polar surface area (TPSA) is 41.9 Å². The van der Waals surface area contributed by atoms with E-state index in [1.54, 1.807) is 0 Å². The Hall–Kier alpha value is -1.19. The fourth-order valence-corrected chi connectivity index (χ4v) is 4.16. The van der Waals surface area contributed by atoms with Gasteiger partial charge in [0.1, 0.15) is 5.82 Å². The van der Waals surface area contributed by atoms with Crippen molar-refractivity contribution in [3.8, 4) is 0 Å². The maximum atomic E-state index is 4.89. The van der Waals surface area contributed by atoms with Gasteiger partial charge < -0.3 is 10.6 Å². The Labute approximate surface area is 115 Å². The predicted molar refractivity (Wildman–Crippen MR) is 77.8 cm³/mol. The van der Waals surface area contributed by atoms with Crippen molar-refractivity contribution >= 4 is 11.6 Å². The molecule has 0 spiro atoms. The normalized spacial score (nSPS) is 27.1. The highest BCUT2D eigenvalue weighted by Crippen LogP contribution is 2.41. The molecule has 3 aliphatic rings. The lowest BCUT2D eigenvalue weighted by Crippen LogP contribution is -2.30. The minimum Gasteiger partial charge on any atom is -0.370 e. The van der Waals surface area contributed by atoms with E-state index in [-0.39, 0.29) is 0 Å². The Morgan fingerprint density at radius 1 is 0.947 bits per heavy atom. The summed E-state index contributed by atoms with van der Waals surface area (Å²) in [6.07, 6.45) is 10.8. The van der Waals surface area contributed by atoms with Crippen LogP contribution in [0.1, 0.15) is 56.6 Å². The lowest BCUT2D eigenvalue weighted by atomic mass is 9.82. The number of hydrogen-bond donors (Lipinski definition) is 2. The van der Waals surface area contributed by atoms with Crippen LogP contribution >= 0.6 is 0 Å². The Morgan fingerprint density at radius 2 is 1.84 bits per heavy atom. The largest absolute Gasteiger partial charge is 0.370 e. The molecule has 4 nitrogen and oxygen atoms in total. The third kappa shape index (κ3) is 1.92. The lowest BCUT2D eigenvalue weighted by Gasteiger charge is -2.34. The summed E-state index contributed by atoms with van der Waals surface area (Å²) >= 11 is 0. The van der Waals surface area contributed by atoms with E-state index < -0.39 is 0 Å². The first-order valence-corrected chi connectivity index (χ1v) is 8.02. The molecule has 4 rings (SSSR count). The van der Waals surface area contributed by atoms with E-state index in [4.69, 9.17) is 5.10 Å². The third-order valence-corrected chi connectivity index (χ3v) is 5.15. The fourth-order valence-electron chi connectivity index (χ4n) is 4.16. The van der Waals surface area contributed by atoms with Crippen LogP contribution in [-0.2, 0) is 6.42 Å². The summed E-state index contributed by atoms with van der Waals surface area (Å²) in [5, 5.41) is 12.0. The summed E-state index contributed by atoms with van der Waals surface area (Å²) in [6, 6.07) is 0.643. The van der Waals surface area contributed by atoms with Gasteiger partial charge in [0.2, 0.25) is 0 Å². The molecule has 4 heteroatoms. The highest BCUT2D eigenvalue weighted by Gasteiger charge is 2.32. The summed E-state index contributed by atoms with van der Waals surface area (Å²) in [6.45, 7) is 2.21. The summed E-state index contributed by atoms with van der Waals surface area (Å²) in [5.41, 5.74) is 1.44. The second-order valence-electron chi connectivity index (χ2n) is 6.33. The van der Waals surface area contributed by atoms with Crippen LogP contribution in [0.15, 0.2) is 0 Å². The van der Waals surface area contributed by atoms with E-state index in [2.05, 4.69) is 15.3 Å². The number of anilines is 2. The summed E-state index contributed by atoms with van der Waals surface area (Å²) < 4.78 is 2.34. The monoisotopic (exact) mass is 260 g/mol. The van der Waals surface area contributed by atoms with Gasteiger partial charge in [-0.1, -0.05) is 19.3 Å². The van der Waals surface area contributed by atoms with Gasteiger partial charge >= 0.3 is 0 Å². The first-order chi connectivity index (χ1) is 9.43. The van der Waals surface area contributed by atoms with Crippen LogP contribution in [0.5, 0.6) is 0 Å². The number of nitrogens with one attached hydrogen (secondary N) is 2. The SMILES string of the molecule is C1CCC(C2CCNc3c4c(nn32)NCCC4)CC1. The second kappa shape index (κ2) is 4.73. The molecule has 0 saturated heterocycles. The van der Waals surface area contributed by atoms with E-state index in [0.717, 1.165) is 24.8 Å². The molecule has 2 aliphatic heterocycles. The minimum absolute atomic E-state index is 0.643. The van der Waals surface area contributed by atoms with Gasteiger partial charge in [-0.25, -0.2) is 4.68 Å². The van der Waals surface area contributed by atoms with Crippen molar-refractivity contribution in [1.82, 2.24) is 9.78 Å². The maximum absolute atomic E-state index is 4.89. The standard InChI is InChI=1S/C15H24N4/c1-2-5-11(6-3-1)13-8-10-17-15-12-7-4-9-16-14(12)18-19(13)15/h11,13,17H,1-10H2,(H,16,18). The Morgan fingerprint density at radius 3 is 2.74 bits per heavy atom. The summed E-state index contributed by atoms with van der Waals surface area (Å²) in [5.74, 6) is 3.33. The predicted octanol–water partition coefficient (Wildman–Crippen LogP) is 3.18. The van der Waals surface area contributed by atoms with Gasteiger partial charge in [0, 0.05) is 18.7 Å². The average Bonchev–Trinajstić information content (AvgIpc) is 2.87. The molecule has 1 saturated carbocycles. The van der Waals surface area contributed by atoms with Crippen molar-refractivity contribution in [3.63, 3.8) is 0 Å². The van der Waals surface area contributed by atoms with Crippen LogP contribution in [0.4, 0.5) is 11.6 Å². The zero-order valence-corrected chi connectivity index (χ0v) is 11.6. The van der Waals surface area contributed by atoms with Crippen molar-refractivity contribution in [2.24, 2.45) is 5.92 Å². The number of hydrogen-bond acceptors (Lipinski definition) is 3. The van der Waals surface area contributed by atoms with Crippen LogP contribution in [0.3, 0.4) is 0 Å². The molecule has 1 aliphatic carbocycles. The molecule has 1 aromatic heterocycles. The van der Waals surface area contributed by atoms with E-state index in [1.807, 2.05) is 0 Å². The first-order valence-electron chi connectivity index (χ1n) is 8.02. The second-order valence-corrected chi connectivity index (χ2v) is 6.33. The molecule has 1 aromatic rings. The van der Waals surface area contributed by atoms with Crippen molar-refractivity contribution in [2.45, 2.75) is 57.4 Å². The van der Waals surface area contributed by atoms with E-state index >= 15 is 0 Å². The molecule has 0 radical (unpaired) electrons. The minimum atomic E-state index is 0.643. The molecule has 0 aromatic carbocycles. The van der Waals surface area contributed by atoms with E-state index in [9.17, 15) is 0 Å². The van der Waals surface area contributed by atoms with Gasteiger partial charge in [0.25, 0.3) is 0 Å². The Bertz CT molecular complexity index is 459. The molecule has 1 unspecified atom stereocenters. The van der Waals surface area contributed by atoms with Crippen LogP contribution in [0.25, 0.3) is 0 Å². The number of rotatable bonds is 1. The van der Waals surface area contributed by atoms with Gasteiger partial charge in [-0.15, -0.1) is 0 Å². The quantitative estimate of drug-likeness (QED) is 0.815. The van der Waals surface area contributed by atoms with Crippen LogP contribution in [0.2, 0.25) is 0 Å². The van der Waals surface area contributed by atoms with Gasteiger partial charge in [0.15, 0.2) is 5.82 Å². The molecule has 1 atom stereocenters. The molecule has 0 bridgehead atoms. The van der Waals surface area contributed by atoms with Gasteiger partial charge in [-0.05, 0) is 38.0 Å². The van der Waals surface area contributed by atoms with Crippen LogP contribution in [-0.4, -0.2) is 22.9 Å². The van der Waals surface area contributed by atoms with Gasteiger partial charge in [-0.3, -0.25) is 0 Å². The van der Waals surface area contributed by atoms with Crippen LogP contribution < -0.4 is 10.6 Å². The van der Waals surface area contributed by atoms with E-state index in [1.165, 1.54) is 62.7 Å². The molecule has 19 heavy (non-hydrogen) atoms. The maximum Gasteiger partial charge on any atom is 0.153 e. The number of aromatic nitrogens is 2. The smallest absolute Gasteiger partial charge is 0.153 e. The molecule has 3 heterocycles. The third-order valence-electron chi connectivity index (χ3n) is 5.15. The molecule has 0 amide bonds. The molecule has 1 fully saturated rings. The fraction of sp³-hybridized carbons (Fsp3) is 0.800. The highest BCUT2D eigenvalue weighted by atomic mass is 15.4. The average molecular weight is 260 g/mol. The highest BCUT2D eigenvalue weighted by molar-refractivity contribution is 5.61. The van der Waals surface area contributed by atoms with Crippen molar-refractivity contribution < 1.29 is 0 Å². The van der Waals surface area contributed by atoms with Gasteiger partial charge in [0.05, 0.1) is 6.04 Å². The number of fused-ring (bicyclic) bond motifs is 3. The first kappa shape index (κ1) is 11.6. The summed E-state index contributed by atoms with van der Waals surface area (Å²) in [7, 11) is 0. The lowest BCUT2D eigenvalue weighted by molar-refractivity contribution is 0.222. The molecular formula is C15H24N4. The van der Waals surface area contributed by atoms with Crippen molar-refractivity contribution in [1.29, 1.82) is 0 Å².